The number of hydrogen-bond acceptors (Lipinski definition) is 6. The average Bonchev–Trinajstić information content (AvgIpc) is 3.39. The van der Waals surface area contributed by atoms with Crippen molar-refractivity contribution in [3.63, 3.8) is 0 Å². The second-order valence-corrected chi connectivity index (χ2v) is 11.0. The number of sulfonamides is 1. The predicted octanol–water partition coefficient (Wildman–Crippen LogP) is 4.42. The number of carbonyl (C=O) groups excluding carboxylic acids is 2. The molecule has 32 heavy (non-hydrogen) atoms. The van der Waals surface area contributed by atoms with Crippen LogP contribution in [-0.4, -0.2) is 54.8 Å². The summed E-state index contributed by atoms with van der Waals surface area (Å²) in [6.45, 7) is 2.88. The van der Waals surface area contributed by atoms with Gasteiger partial charge in [0.05, 0.1) is 11.5 Å². The van der Waals surface area contributed by atoms with Crippen molar-refractivity contribution in [3.8, 4) is 0 Å². The van der Waals surface area contributed by atoms with E-state index >= 15 is 0 Å². The van der Waals surface area contributed by atoms with E-state index in [1.165, 1.54) is 17.8 Å². The summed E-state index contributed by atoms with van der Waals surface area (Å²) >= 11 is 7.42. The van der Waals surface area contributed by atoms with Crippen LogP contribution in [0.4, 0.5) is 0 Å². The molecule has 0 saturated carbocycles. The summed E-state index contributed by atoms with van der Waals surface area (Å²) in [6.07, 6.45) is 2.14. The maximum Gasteiger partial charge on any atom is 0.303 e. The van der Waals surface area contributed by atoms with E-state index < -0.39 is 15.9 Å². The minimum atomic E-state index is -3.78. The maximum absolute atomic E-state index is 13.0. The number of carbonyl (C=O) groups is 2. The van der Waals surface area contributed by atoms with Crippen LogP contribution in [0.15, 0.2) is 45.7 Å². The van der Waals surface area contributed by atoms with Gasteiger partial charge in [0.1, 0.15) is 5.76 Å². The van der Waals surface area contributed by atoms with Gasteiger partial charge < -0.3 is 9.32 Å². The van der Waals surface area contributed by atoms with Gasteiger partial charge in [-0.25, -0.2) is 12.7 Å². The Hall–Kier alpha value is -1.97. The van der Waals surface area contributed by atoms with Crippen molar-refractivity contribution in [2.75, 3.05) is 25.4 Å². The van der Waals surface area contributed by atoms with Crippen molar-refractivity contribution in [1.82, 2.24) is 9.21 Å². The van der Waals surface area contributed by atoms with Crippen LogP contribution in [0, 0.1) is 0 Å². The number of halogens is 1. The molecule has 0 radical (unpaired) electrons. The van der Waals surface area contributed by atoms with Crippen LogP contribution in [0.3, 0.4) is 0 Å². The highest BCUT2D eigenvalue weighted by atomic mass is 35.5. The molecule has 10 heteroatoms. The number of amides is 2. The molecule has 1 aliphatic heterocycles. The fourth-order valence-corrected chi connectivity index (χ4v) is 5.86. The fourth-order valence-electron chi connectivity index (χ4n) is 3.46. The van der Waals surface area contributed by atoms with Gasteiger partial charge in [-0.15, -0.1) is 11.8 Å². The van der Waals surface area contributed by atoms with E-state index in [0.717, 1.165) is 15.6 Å². The lowest BCUT2D eigenvalue weighted by molar-refractivity contribution is -0.127. The molecule has 2 amide bonds. The predicted molar refractivity (Wildman–Crippen MR) is 125 cm³/mol. The second kappa shape index (κ2) is 11.2. The number of likely N-dealkylation sites (tertiary alicyclic amines) is 1. The highest BCUT2D eigenvalue weighted by Gasteiger charge is 2.30. The molecule has 1 aliphatic rings. The average molecular weight is 499 g/mol. The van der Waals surface area contributed by atoms with Crippen LogP contribution < -0.4 is 0 Å². The van der Waals surface area contributed by atoms with Crippen LogP contribution in [0.2, 0.25) is 5.02 Å². The molecule has 1 fully saturated rings. The zero-order chi connectivity index (χ0) is 23.1. The third kappa shape index (κ3) is 6.52. The third-order valence-electron chi connectivity index (χ3n) is 5.05. The van der Waals surface area contributed by atoms with E-state index in [1.807, 2.05) is 12.1 Å². The van der Waals surface area contributed by atoms with E-state index in [4.69, 9.17) is 16.0 Å². The molecule has 1 saturated heterocycles. The Balaban J connectivity index is 1.65. The van der Waals surface area contributed by atoms with Gasteiger partial charge in [-0.2, -0.15) is 0 Å². The first-order valence-corrected chi connectivity index (χ1v) is 13.6. The van der Waals surface area contributed by atoms with Crippen molar-refractivity contribution < 1.29 is 22.4 Å². The van der Waals surface area contributed by atoms with Crippen LogP contribution in [-0.2, 0) is 20.6 Å². The monoisotopic (exact) mass is 498 g/mol. The lowest BCUT2D eigenvalue weighted by Crippen LogP contribution is -2.40. The Morgan fingerprint density at radius 3 is 2.62 bits per heavy atom. The van der Waals surface area contributed by atoms with Gasteiger partial charge in [-0.3, -0.25) is 9.59 Å². The molecule has 0 spiro atoms. The zero-order valence-corrected chi connectivity index (χ0v) is 20.3. The zero-order valence-electron chi connectivity index (χ0n) is 18.0. The van der Waals surface area contributed by atoms with Crippen molar-refractivity contribution in [2.24, 2.45) is 0 Å². The Labute approximate surface area is 198 Å². The lowest BCUT2D eigenvalue weighted by Gasteiger charge is -2.23. The van der Waals surface area contributed by atoms with Crippen molar-refractivity contribution in [3.05, 3.63) is 52.9 Å². The standard InChI is InChI=1S/C22H27ClN2O5S2/c1-2-15-32(28,29)25(14-4-13-24-12-3-5-21(24)26)22(27)20-11-8-18(30-20)16-31-19-9-6-17(23)7-10-19/h6-11H,2-5,12-16H2,1H3. The molecule has 0 bridgehead atoms. The van der Waals surface area contributed by atoms with Gasteiger partial charge in [-0.1, -0.05) is 18.5 Å². The fraction of sp³-hybridized carbons (Fsp3) is 0.455. The molecule has 0 atom stereocenters. The van der Waals surface area contributed by atoms with E-state index in [-0.39, 0.29) is 24.0 Å². The first kappa shape index (κ1) is 24.7. The molecule has 174 valence electrons. The number of furan rings is 1. The maximum atomic E-state index is 13.0. The normalized spacial score (nSPS) is 14.2. The van der Waals surface area contributed by atoms with Crippen LogP contribution in [0.1, 0.15) is 48.9 Å². The Morgan fingerprint density at radius 2 is 1.97 bits per heavy atom. The molecule has 7 nitrogen and oxygen atoms in total. The molecule has 1 aromatic carbocycles. The number of hydrogen-bond donors (Lipinski definition) is 0. The molecular weight excluding hydrogens is 472 g/mol. The number of nitrogens with zero attached hydrogens (tertiary/aromatic N) is 2. The van der Waals surface area contributed by atoms with Gasteiger partial charge in [0, 0.05) is 36.0 Å². The highest BCUT2D eigenvalue weighted by Crippen LogP contribution is 2.26. The Kier molecular flexibility index (Phi) is 8.67. The van der Waals surface area contributed by atoms with E-state index in [2.05, 4.69) is 0 Å². The van der Waals surface area contributed by atoms with Crippen molar-refractivity contribution >= 4 is 45.2 Å². The smallest absolute Gasteiger partial charge is 0.303 e. The highest BCUT2D eigenvalue weighted by molar-refractivity contribution is 7.98. The molecule has 0 unspecified atom stereocenters. The summed E-state index contributed by atoms with van der Waals surface area (Å²) < 4.78 is 32.1. The van der Waals surface area contributed by atoms with E-state index in [0.29, 0.717) is 48.9 Å². The second-order valence-electron chi connectivity index (χ2n) is 7.54. The van der Waals surface area contributed by atoms with Crippen molar-refractivity contribution in [1.29, 1.82) is 0 Å². The number of thioether (sulfide) groups is 1. The summed E-state index contributed by atoms with van der Waals surface area (Å²) in [5.74, 6) is 0.342. The molecule has 0 N–H and O–H groups in total. The van der Waals surface area contributed by atoms with Crippen LogP contribution >= 0.6 is 23.4 Å². The number of rotatable bonds is 11. The molecule has 2 heterocycles. The molecule has 0 aliphatic carbocycles. The molecular formula is C22H27ClN2O5S2. The van der Waals surface area contributed by atoms with E-state index in [9.17, 15) is 18.0 Å². The minimum absolute atomic E-state index is 0.00590. The summed E-state index contributed by atoms with van der Waals surface area (Å²) in [5, 5.41) is 0.655. The topological polar surface area (TPSA) is 87.9 Å². The van der Waals surface area contributed by atoms with E-state index in [1.54, 1.807) is 30.0 Å². The first-order valence-electron chi connectivity index (χ1n) is 10.6. The summed E-state index contributed by atoms with van der Waals surface area (Å²) in [7, 11) is -3.78. The SMILES string of the molecule is CCCS(=O)(=O)N(CCCN1CCCC1=O)C(=O)c1ccc(CSc2ccc(Cl)cc2)o1. The summed E-state index contributed by atoms with van der Waals surface area (Å²) in [6, 6.07) is 10.6. The Bertz CT molecular complexity index is 1040. The van der Waals surface area contributed by atoms with Crippen LogP contribution in [0.25, 0.3) is 0 Å². The Morgan fingerprint density at radius 1 is 1.22 bits per heavy atom. The minimum Gasteiger partial charge on any atom is -0.455 e. The van der Waals surface area contributed by atoms with Gasteiger partial charge in [0.25, 0.3) is 0 Å². The van der Waals surface area contributed by atoms with Gasteiger partial charge in [-0.05, 0) is 55.7 Å². The molecule has 2 aromatic rings. The lowest BCUT2D eigenvalue weighted by atomic mass is 10.3. The number of benzene rings is 1. The van der Waals surface area contributed by atoms with Crippen molar-refractivity contribution in [2.45, 2.75) is 43.3 Å². The van der Waals surface area contributed by atoms with Crippen LogP contribution in [0.5, 0.6) is 0 Å². The largest absolute Gasteiger partial charge is 0.455 e. The molecule has 3 rings (SSSR count). The molecule has 1 aromatic heterocycles. The van der Waals surface area contributed by atoms with Gasteiger partial charge in [0.15, 0.2) is 5.76 Å². The summed E-state index contributed by atoms with van der Waals surface area (Å²) in [4.78, 5) is 27.5. The quantitative estimate of drug-likeness (QED) is 0.426. The summed E-state index contributed by atoms with van der Waals surface area (Å²) in [5.41, 5.74) is 0. The third-order valence-corrected chi connectivity index (χ3v) is 8.28. The van der Waals surface area contributed by atoms with Gasteiger partial charge >= 0.3 is 5.91 Å². The van der Waals surface area contributed by atoms with Gasteiger partial charge in [0.2, 0.25) is 15.9 Å². The first-order chi connectivity index (χ1) is 15.3.